The summed E-state index contributed by atoms with van der Waals surface area (Å²) < 4.78 is 0. The van der Waals surface area contributed by atoms with Crippen LogP contribution in [0.4, 0.5) is 11.4 Å². The van der Waals surface area contributed by atoms with Crippen LogP contribution in [-0.4, -0.2) is 42.7 Å². The predicted octanol–water partition coefficient (Wildman–Crippen LogP) is 3.77. The van der Waals surface area contributed by atoms with Gasteiger partial charge in [0.2, 0.25) is 0 Å². The highest BCUT2D eigenvalue weighted by atomic mass is 16.6. The minimum Gasteiger partial charge on any atom is -0.481 e. The van der Waals surface area contributed by atoms with E-state index in [0.29, 0.717) is 5.56 Å². The predicted molar refractivity (Wildman–Crippen MR) is 131 cm³/mol. The molecule has 0 spiro atoms. The van der Waals surface area contributed by atoms with Gasteiger partial charge in [0.05, 0.1) is 21.9 Å². The molecule has 4 rings (SSSR count). The number of benzene rings is 3. The van der Waals surface area contributed by atoms with E-state index in [1.54, 1.807) is 30.3 Å². The molecule has 1 saturated heterocycles. The Labute approximate surface area is 215 Å². The Hall–Kier alpha value is -4.97. The standard InChI is InChI=1S/C26H21N3O9/c30-24-20(25(31)32)22(16-8-4-10-18(12-16)28(35)36)27(14-15-6-2-1-3-7-15)23(21(24)26(33)34)17-9-5-11-19(13-17)29(37)38/h1-13,20-23H,14H2,(H,31,32)(H,33,34)/t20?,21?,22-,23+. The van der Waals surface area contributed by atoms with Crippen molar-refractivity contribution in [3.8, 4) is 0 Å². The van der Waals surface area contributed by atoms with Gasteiger partial charge < -0.3 is 10.2 Å². The third-order valence-corrected chi connectivity index (χ3v) is 6.54. The molecular formula is C26H21N3O9. The number of carboxylic acids is 2. The number of nitro benzene ring substituents is 2. The number of likely N-dealkylation sites (tertiary alicyclic amines) is 1. The Balaban J connectivity index is 2.01. The van der Waals surface area contributed by atoms with Gasteiger partial charge in [0.15, 0.2) is 5.78 Å². The number of aliphatic carboxylic acids is 2. The molecule has 0 radical (unpaired) electrons. The van der Waals surface area contributed by atoms with Crippen LogP contribution in [0.3, 0.4) is 0 Å². The summed E-state index contributed by atoms with van der Waals surface area (Å²) in [6, 6.07) is 16.3. The molecule has 0 amide bonds. The number of nitrogens with zero attached hydrogens (tertiary/aromatic N) is 3. The van der Waals surface area contributed by atoms with Crippen LogP contribution < -0.4 is 0 Å². The second kappa shape index (κ2) is 10.6. The van der Waals surface area contributed by atoms with Crippen LogP contribution in [0.2, 0.25) is 0 Å². The summed E-state index contributed by atoms with van der Waals surface area (Å²) >= 11 is 0. The molecule has 0 aliphatic carbocycles. The molecule has 3 aromatic rings. The highest BCUT2D eigenvalue weighted by Gasteiger charge is 2.55. The molecular weight excluding hydrogens is 498 g/mol. The van der Waals surface area contributed by atoms with Crippen LogP contribution in [-0.2, 0) is 20.9 Å². The summed E-state index contributed by atoms with van der Waals surface area (Å²) in [7, 11) is 0. The van der Waals surface area contributed by atoms with E-state index in [4.69, 9.17) is 0 Å². The quantitative estimate of drug-likeness (QED) is 0.252. The third-order valence-electron chi connectivity index (χ3n) is 6.54. The van der Waals surface area contributed by atoms with E-state index in [9.17, 15) is 44.8 Å². The molecule has 1 heterocycles. The minimum absolute atomic E-state index is 0.0532. The lowest BCUT2D eigenvalue weighted by Crippen LogP contribution is -2.55. The summed E-state index contributed by atoms with van der Waals surface area (Å²) in [5.74, 6) is -8.04. The molecule has 1 aliphatic heterocycles. The summed E-state index contributed by atoms with van der Waals surface area (Å²) in [5, 5.41) is 43.2. The molecule has 194 valence electrons. The van der Waals surface area contributed by atoms with Gasteiger partial charge in [-0.15, -0.1) is 0 Å². The van der Waals surface area contributed by atoms with Gasteiger partial charge in [-0.3, -0.25) is 39.5 Å². The van der Waals surface area contributed by atoms with Crippen LogP contribution in [0.1, 0.15) is 28.8 Å². The molecule has 2 unspecified atom stereocenters. The van der Waals surface area contributed by atoms with Crippen LogP contribution in [0.15, 0.2) is 78.9 Å². The monoisotopic (exact) mass is 519 g/mol. The first-order chi connectivity index (χ1) is 18.1. The zero-order chi connectivity index (χ0) is 27.6. The molecule has 3 aromatic carbocycles. The molecule has 38 heavy (non-hydrogen) atoms. The average Bonchev–Trinajstić information content (AvgIpc) is 2.89. The van der Waals surface area contributed by atoms with Gasteiger partial charge in [-0.2, -0.15) is 0 Å². The van der Waals surface area contributed by atoms with Crippen molar-refractivity contribution in [1.82, 2.24) is 4.90 Å². The van der Waals surface area contributed by atoms with E-state index in [-0.39, 0.29) is 29.0 Å². The molecule has 4 atom stereocenters. The smallest absolute Gasteiger partial charge is 0.316 e. The Morgan fingerprint density at radius 3 is 1.58 bits per heavy atom. The van der Waals surface area contributed by atoms with Crippen molar-refractivity contribution in [3.63, 3.8) is 0 Å². The fraction of sp³-hybridized carbons (Fsp3) is 0.192. The first kappa shape index (κ1) is 26.1. The molecule has 12 nitrogen and oxygen atoms in total. The molecule has 0 bridgehead atoms. The minimum atomic E-state index is -1.88. The van der Waals surface area contributed by atoms with E-state index < -0.39 is 51.5 Å². The maximum atomic E-state index is 13.6. The first-order valence-electron chi connectivity index (χ1n) is 11.4. The Kier molecular flexibility index (Phi) is 7.26. The second-order valence-electron chi connectivity index (χ2n) is 8.79. The fourth-order valence-corrected chi connectivity index (χ4v) is 4.98. The molecule has 12 heteroatoms. The van der Waals surface area contributed by atoms with Crippen LogP contribution in [0, 0.1) is 32.1 Å². The van der Waals surface area contributed by atoms with Gasteiger partial charge in [-0.05, 0) is 16.7 Å². The van der Waals surface area contributed by atoms with Crippen molar-refractivity contribution in [1.29, 1.82) is 0 Å². The van der Waals surface area contributed by atoms with Gasteiger partial charge in [0.25, 0.3) is 11.4 Å². The van der Waals surface area contributed by atoms with E-state index in [1.165, 1.54) is 41.3 Å². The number of hydrogen-bond acceptors (Lipinski definition) is 8. The van der Waals surface area contributed by atoms with Crippen LogP contribution >= 0.6 is 0 Å². The Bertz CT molecular complexity index is 1340. The van der Waals surface area contributed by atoms with E-state index in [0.717, 1.165) is 12.1 Å². The number of rotatable bonds is 8. The van der Waals surface area contributed by atoms with Crippen molar-refractivity contribution in [3.05, 3.63) is 116 Å². The van der Waals surface area contributed by atoms with Gasteiger partial charge in [0, 0.05) is 30.8 Å². The van der Waals surface area contributed by atoms with E-state index >= 15 is 0 Å². The van der Waals surface area contributed by atoms with Crippen molar-refractivity contribution in [2.45, 2.75) is 18.6 Å². The molecule has 0 saturated carbocycles. The largest absolute Gasteiger partial charge is 0.481 e. The lowest BCUT2D eigenvalue weighted by molar-refractivity contribution is -0.385. The number of piperidine rings is 1. The lowest BCUT2D eigenvalue weighted by Gasteiger charge is -2.47. The zero-order valence-electron chi connectivity index (χ0n) is 19.6. The second-order valence-corrected chi connectivity index (χ2v) is 8.79. The highest BCUT2D eigenvalue weighted by molar-refractivity contribution is 6.09. The summed E-state index contributed by atoms with van der Waals surface area (Å²) in [6.07, 6.45) is 0. The topological polar surface area (TPSA) is 181 Å². The highest BCUT2D eigenvalue weighted by Crippen LogP contribution is 2.48. The van der Waals surface area contributed by atoms with E-state index in [2.05, 4.69) is 0 Å². The number of ketones is 1. The first-order valence-corrected chi connectivity index (χ1v) is 11.4. The number of carbonyl (C=O) groups excluding carboxylic acids is 1. The number of carbonyl (C=O) groups is 3. The van der Waals surface area contributed by atoms with Crippen LogP contribution in [0.25, 0.3) is 0 Å². The van der Waals surface area contributed by atoms with Gasteiger partial charge >= 0.3 is 11.9 Å². The normalized spacial score (nSPS) is 21.5. The average molecular weight is 519 g/mol. The maximum Gasteiger partial charge on any atom is 0.316 e. The van der Waals surface area contributed by atoms with Crippen molar-refractivity contribution >= 4 is 29.1 Å². The summed E-state index contributed by atoms with van der Waals surface area (Å²) in [5.41, 5.74) is 0.198. The van der Waals surface area contributed by atoms with E-state index in [1.807, 2.05) is 0 Å². The molecule has 1 aliphatic rings. The summed E-state index contributed by atoms with van der Waals surface area (Å²) in [4.78, 5) is 61.6. The van der Waals surface area contributed by atoms with Crippen molar-refractivity contribution in [2.24, 2.45) is 11.8 Å². The van der Waals surface area contributed by atoms with Crippen molar-refractivity contribution in [2.75, 3.05) is 0 Å². The SMILES string of the molecule is O=C(O)C1C(=O)C(C(=O)O)[C@H](c2cccc([N+](=O)[O-])c2)N(Cc2ccccc2)[C@@H]1c1cccc([N+](=O)[O-])c1. The number of non-ortho nitro benzene ring substituents is 2. The van der Waals surface area contributed by atoms with Gasteiger partial charge in [-0.1, -0.05) is 54.6 Å². The number of hydrogen-bond donors (Lipinski definition) is 2. The fourth-order valence-electron chi connectivity index (χ4n) is 4.98. The molecule has 1 fully saturated rings. The zero-order valence-corrected chi connectivity index (χ0v) is 19.6. The lowest BCUT2D eigenvalue weighted by atomic mass is 9.72. The Morgan fingerprint density at radius 2 is 1.18 bits per heavy atom. The third kappa shape index (κ3) is 4.97. The molecule has 0 aromatic heterocycles. The Morgan fingerprint density at radius 1 is 0.737 bits per heavy atom. The van der Waals surface area contributed by atoms with Crippen LogP contribution in [0.5, 0.6) is 0 Å². The number of carboxylic acid groups (broad SMARTS) is 2. The summed E-state index contributed by atoms with van der Waals surface area (Å²) in [6.45, 7) is -0.0532. The van der Waals surface area contributed by atoms with Gasteiger partial charge in [-0.25, -0.2) is 0 Å². The number of nitro groups is 2. The van der Waals surface area contributed by atoms with Crippen molar-refractivity contribution < 1.29 is 34.4 Å². The van der Waals surface area contributed by atoms with Gasteiger partial charge in [0.1, 0.15) is 11.8 Å². The molecule has 2 N–H and O–H groups in total. The number of Topliss-reactive ketones (excluding diaryl/α,β-unsaturated/α-hetero) is 1. The maximum absolute atomic E-state index is 13.6.